The fourth-order valence-corrected chi connectivity index (χ4v) is 6.38. The minimum Gasteiger partial charge on any atom is -0.254 e. The topological polar surface area (TPSA) is 51.6 Å². The van der Waals surface area contributed by atoms with Crippen LogP contribution in [0.3, 0.4) is 0 Å². The van der Waals surface area contributed by atoms with Crippen molar-refractivity contribution >= 4 is 43.6 Å². The normalized spacial score (nSPS) is 11.5. The molecule has 4 heteroatoms. The van der Waals surface area contributed by atoms with Crippen LogP contribution < -0.4 is 0 Å². The molecule has 9 aromatic rings. The Labute approximate surface area is 265 Å². The molecule has 0 bridgehead atoms. The number of nitrogens with zero attached hydrogens (tertiary/aromatic N) is 4. The lowest BCUT2D eigenvalue weighted by Gasteiger charge is -2.14. The second-order valence-electron chi connectivity index (χ2n) is 11.5. The second kappa shape index (κ2) is 10.7. The first kappa shape index (κ1) is 26.2. The first-order chi connectivity index (χ1) is 22.8. The summed E-state index contributed by atoms with van der Waals surface area (Å²) in [5.41, 5.74) is 11.9. The summed E-state index contributed by atoms with van der Waals surface area (Å²) in [5, 5.41) is 4.34. The number of hydrogen-bond donors (Lipinski definition) is 0. The van der Waals surface area contributed by atoms with E-state index in [1.807, 2.05) is 42.6 Å². The zero-order valence-electron chi connectivity index (χ0n) is 24.8. The monoisotopic (exact) mass is 586 g/mol. The maximum Gasteiger partial charge on any atom is 0.0978 e. The van der Waals surface area contributed by atoms with Crippen molar-refractivity contribution in [3.05, 3.63) is 158 Å². The molecule has 46 heavy (non-hydrogen) atoms. The standard InChI is InChI=1S/C42H26N4/c1-2-8-28(9-3-1)40-26-35(27-14-16-31(17-15-27)38-22-18-29-10-4-6-12-36(29)44-38)34-21-20-33-32(24-25-43-41(33)42(34)46-40)39-23-19-30-11-5-7-13-37(30)45-39/h1-26H. The van der Waals surface area contributed by atoms with Gasteiger partial charge in [0, 0.05) is 44.4 Å². The van der Waals surface area contributed by atoms with E-state index in [0.717, 1.165) is 88.5 Å². The van der Waals surface area contributed by atoms with E-state index in [2.05, 4.69) is 115 Å². The number of fused-ring (bicyclic) bond motifs is 5. The van der Waals surface area contributed by atoms with Gasteiger partial charge >= 0.3 is 0 Å². The predicted octanol–water partition coefficient (Wildman–Crippen LogP) is 10.5. The van der Waals surface area contributed by atoms with Gasteiger partial charge in [-0.2, -0.15) is 0 Å². The summed E-state index contributed by atoms with van der Waals surface area (Å²) in [6.45, 7) is 0. The summed E-state index contributed by atoms with van der Waals surface area (Å²) < 4.78 is 0. The number of hydrogen-bond acceptors (Lipinski definition) is 4. The highest BCUT2D eigenvalue weighted by molar-refractivity contribution is 6.12. The van der Waals surface area contributed by atoms with Crippen LogP contribution in [-0.4, -0.2) is 19.9 Å². The molecule has 0 aliphatic rings. The molecule has 0 saturated heterocycles. The molecule has 0 N–H and O–H groups in total. The summed E-state index contributed by atoms with van der Waals surface area (Å²) in [4.78, 5) is 20.1. The van der Waals surface area contributed by atoms with E-state index >= 15 is 0 Å². The molecule has 0 fully saturated rings. The molecule has 0 spiro atoms. The molecule has 214 valence electrons. The van der Waals surface area contributed by atoms with Gasteiger partial charge in [-0.1, -0.05) is 115 Å². The van der Waals surface area contributed by atoms with Crippen molar-refractivity contribution in [1.82, 2.24) is 19.9 Å². The molecule has 5 aromatic carbocycles. The summed E-state index contributed by atoms with van der Waals surface area (Å²) in [7, 11) is 0. The Morgan fingerprint density at radius 3 is 1.67 bits per heavy atom. The lowest BCUT2D eigenvalue weighted by molar-refractivity contribution is 1.35. The van der Waals surface area contributed by atoms with Crippen LogP contribution in [0, 0.1) is 0 Å². The molecule has 0 amide bonds. The number of pyridine rings is 4. The molecular formula is C42H26N4. The van der Waals surface area contributed by atoms with Gasteiger partial charge in [-0.15, -0.1) is 0 Å². The van der Waals surface area contributed by atoms with E-state index < -0.39 is 0 Å². The van der Waals surface area contributed by atoms with Crippen molar-refractivity contribution in [2.24, 2.45) is 0 Å². The lowest BCUT2D eigenvalue weighted by Crippen LogP contribution is -1.94. The van der Waals surface area contributed by atoms with Crippen molar-refractivity contribution in [2.45, 2.75) is 0 Å². The first-order valence-corrected chi connectivity index (χ1v) is 15.4. The molecule has 0 aliphatic heterocycles. The first-order valence-electron chi connectivity index (χ1n) is 15.4. The fourth-order valence-electron chi connectivity index (χ4n) is 6.38. The summed E-state index contributed by atoms with van der Waals surface area (Å²) in [6, 6.07) is 52.5. The SMILES string of the molecule is c1ccc(-c2cc(-c3ccc(-c4ccc5ccccc5n4)cc3)c3ccc4c(-c5ccc6ccccc6n5)ccnc4c3n2)cc1. The number of benzene rings is 5. The average Bonchev–Trinajstić information content (AvgIpc) is 3.14. The van der Waals surface area contributed by atoms with E-state index in [1.165, 1.54) is 0 Å². The van der Waals surface area contributed by atoms with Crippen molar-refractivity contribution < 1.29 is 0 Å². The van der Waals surface area contributed by atoms with E-state index in [-0.39, 0.29) is 0 Å². The molecule has 9 rings (SSSR count). The quantitative estimate of drug-likeness (QED) is 0.193. The molecular weight excluding hydrogens is 560 g/mol. The minimum absolute atomic E-state index is 0.862. The van der Waals surface area contributed by atoms with Gasteiger partial charge in [0.2, 0.25) is 0 Å². The van der Waals surface area contributed by atoms with Crippen LogP contribution in [-0.2, 0) is 0 Å². The number of rotatable bonds is 4. The van der Waals surface area contributed by atoms with Crippen LogP contribution in [0.5, 0.6) is 0 Å². The molecule has 0 radical (unpaired) electrons. The van der Waals surface area contributed by atoms with Gasteiger partial charge in [-0.25, -0.2) is 15.0 Å². The third-order valence-electron chi connectivity index (χ3n) is 8.72. The minimum atomic E-state index is 0.862. The molecule has 0 saturated carbocycles. The fraction of sp³-hybridized carbons (Fsp3) is 0. The van der Waals surface area contributed by atoms with Crippen LogP contribution in [0.1, 0.15) is 0 Å². The number of para-hydroxylation sites is 2. The van der Waals surface area contributed by atoms with Crippen LogP contribution in [0.25, 0.3) is 88.5 Å². The summed E-state index contributed by atoms with van der Waals surface area (Å²) >= 11 is 0. The largest absolute Gasteiger partial charge is 0.254 e. The van der Waals surface area contributed by atoms with Crippen LogP contribution in [0.2, 0.25) is 0 Å². The van der Waals surface area contributed by atoms with Crippen molar-refractivity contribution in [3.8, 4) is 44.9 Å². The van der Waals surface area contributed by atoms with Gasteiger partial charge < -0.3 is 0 Å². The highest BCUT2D eigenvalue weighted by Gasteiger charge is 2.16. The molecule has 4 heterocycles. The maximum absolute atomic E-state index is 5.25. The highest BCUT2D eigenvalue weighted by atomic mass is 14.8. The molecule has 0 aliphatic carbocycles. The summed E-state index contributed by atoms with van der Waals surface area (Å²) in [6.07, 6.45) is 1.87. The Balaban J connectivity index is 1.22. The van der Waals surface area contributed by atoms with Crippen molar-refractivity contribution in [3.63, 3.8) is 0 Å². The Kier molecular flexibility index (Phi) is 6.10. The van der Waals surface area contributed by atoms with Gasteiger partial charge in [0.05, 0.1) is 39.1 Å². The zero-order valence-corrected chi connectivity index (χ0v) is 24.8. The molecule has 0 atom stereocenters. The van der Waals surface area contributed by atoms with Gasteiger partial charge in [0.15, 0.2) is 0 Å². The van der Waals surface area contributed by atoms with E-state index in [1.54, 1.807) is 0 Å². The maximum atomic E-state index is 5.25. The van der Waals surface area contributed by atoms with E-state index in [0.29, 0.717) is 0 Å². The number of aromatic nitrogens is 4. The third-order valence-corrected chi connectivity index (χ3v) is 8.72. The van der Waals surface area contributed by atoms with Crippen molar-refractivity contribution in [1.29, 1.82) is 0 Å². The predicted molar refractivity (Wildman–Crippen MR) is 189 cm³/mol. The highest BCUT2D eigenvalue weighted by Crippen LogP contribution is 2.38. The Morgan fingerprint density at radius 2 is 0.935 bits per heavy atom. The van der Waals surface area contributed by atoms with Crippen LogP contribution >= 0.6 is 0 Å². The molecule has 4 aromatic heterocycles. The molecule has 4 nitrogen and oxygen atoms in total. The molecule has 0 unspecified atom stereocenters. The van der Waals surface area contributed by atoms with Crippen molar-refractivity contribution in [2.75, 3.05) is 0 Å². The second-order valence-corrected chi connectivity index (χ2v) is 11.5. The lowest BCUT2D eigenvalue weighted by atomic mass is 9.95. The van der Waals surface area contributed by atoms with E-state index in [9.17, 15) is 0 Å². The van der Waals surface area contributed by atoms with Gasteiger partial charge in [-0.3, -0.25) is 4.98 Å². The third kappa shape index (κ3) is 4.47. The van der Waals surface area contributed by atoms with Gasteiger partial charge in [-0.05, 0) is 47.5 Å². The average molecular weight is 587 g/mol. The summed E-state index contributed by atoms with van der Waals surface area (Å²) in [5.74, 6) is 0. The van der Waals surface area contributed by atoms with Crippen LogP contribution in [0.15, 0.2) is 158 Å². The smallest absolute Gasteiger partial charge is 0.0978 e. The van der Waals surface area contributed by atoms with Gasteiger partial charge in [0.1, 0.15) is 0 Å². The van der Waals surface area contributed by atoms with E-state index in [4.69, 9.17) is 19.9 Å². The van der Waals surface area contributed by atoms with Crippen LogP contribution in [0.4, 0.5) is 0 Å². The Hall–Kier alpha value is -6.26. The Morgan fingerprint density at radius 1 is 0.348 bits per heavy atom. The zero-order chi connectivity index (χ0) is 30.5. The Bertz CT molecular complexity index is 2570. The van der Waals surface area contributed by atoms with Gasteiger partial charge in [0.25, 0.3) is 0 Å².